The Morgan fingerprint density at radius 1 is 1.78 bits per heavy atom. The average molecular weight is 146 g/mol. The predicted molar refractivity (Wildman–Crippen MR) is 42.5 cm³/mol. The second-order valence-electron chi connectivity index (χ2n) is 2.37. The van der Waals surface area contributed by atoms with Crippen molar-refractivity contribution in [2.75, 3.05) is 25.9 Å². The molecule has 54 valence electrons. The Hall–Kier alpha value is 0.270. The summed E-state index contributed by atoms with van der Waals surface area (Å²) in [5, 5.41) is 3.34. The van der Waals surface area contributed by atoms with Crippen molar-refractivity contribution in [3.8, 4) is 0 Å². The Morgan fingerprint density at radius 2 is 2.67 bits per heavy atom. The largest absolute Gasteiger partial charge is 0.316 e. The van der Waals surface area contributed by atoms with Gasteiger partial charge in [0, 0.05) is 5.75 Å². The van der Waals surface area contributed by atoms with Crippen molar-refractivity contribution >= 4 is 11.9 Å². The maximum absolute atomic E-state index is 3.34. The van der Waals surface area contributed by atoms with Gasteiger partial charge in [0.25, 0.3) is 0 Å². The van der Waals surface area contributed by atoms with E-state index in [9.17, 15) is 0 Å². The molecule has 0 saturated carbocycles. The Morgan fingerprint density at radius 3 is 3.22 bits per heavy atom. The number of hydrogen-bond acceptors (Lipinski definition) is 3. The highest BCUT2D eigenvalue weighted by Gasteiger charge is 2.12. The molecule has 1 aliphatic rings. The highest BCUT2D eigenvalue weighted by molar-refractivity contribution is 7.97. The average Bonchev–Trinajstić information content (AvgIpc) is 2.34. The van der Waals surface area contributed by atoms with Crippen LogP contribution in [0.3, 0.4) is 0 Å². The molecular formula is C6H14N2S. The van der Waals surface area contributed by atoms with E-state index in [1.54, 1.807) is 0 Å². The molecular weight excluding hydrogens is 132 g/mol. The van der Waals surface area contributed by atoms with Gasteiger partial charge in [0.1, 0.15) is 0 Å². The van der Waals surface area contributed by atoms with E-state index < -0.39 is 0 Å². The minimum absolute atomic E-state index is 0.905. The standard InChI is InChI=1S/C6H14N2S/c1-7-9-5-6-2-3-8-4-6/h6-8H,2-5H2,1H3. The smallest absolute Gasteiger partial charge is 0.0119 e. The van der Waals surface area contributed by atoms with Gasteiger partial charge < -0.3 is 5.32 Å². The molecule has 3 heteroatoms. The summed E-state index contributed by atoms with van der Waals surface area (Å²) in [4.78, 5) is 0. The SMILES string of the molecule is CNSCC1CCNC1. The molecule has 0 spiro atoms. The fourth-order valence-corrected chi connectivity index (χ4v) is 1.74. The van der Waals surface area contributed by atoms with Crippen LogP contribution in [0, 0.1) is 5.92 Å². The van der Waals surface area contributed by atoms with E-state index in [0.717, 1.165) is 5.92 Å². The first-order valence-electron chi connectivity index (χ1n) is 3.42. The Bertz CT molecular complexity index is 71.5. The van der Waals surface area contributed by atoms with Gasteiger partial charge in [0.05, 0.1) is 0 Å². The van der Waals surface area contributed by atoms with Crippen LogP contribution in [-0.2, 0) is 0 Å². The Labute approximate surface area is 60.9 Å². The van der Waals surface area contributed by atoms with Crippen LogP contribution >= 0.6 is 11.9 Å². The summed E-state index contributed by atoms with van der Waals surface area (Å²) < 4.78 is 3.08. The molecule has 1 aliphatic heterocycles. The van der Waals surface area contributed by atoms with Crippen LogP contribution < -0.4 is 10.0 Å². The summed E-state index contributed by atoms with van der Waals surface area (Å²) in [6, 6.07) is 0. The van der Waals surface area contributed by atoms with Crippen LogP contribution in [0.4, 0.5) is 0 Å². The second-order valence-corrected chi connectivity index (χ2v) is 3.40. The third-order valence-corrected chi connectivity index (χ3v) is 2.55. The van der Waals surface area contributed by atoms with E-state index in [0.29, 0.717) is 0 Å². The zero-order valence-corrected chi connectivity index (χ0v) is 6.63. The first kappa shape index (κ1) is 7.38. The number of rotatable bonds is 3. The predicted octanol–water partition coefficient (Wildman–Crippen LogP) is 0.463. The molecule has 0 bridgehead atoms. The fourth-order valence-electron chi connectivity index (χ4n) is 1.06. The zero-order chi connectivity index (χ0) is 6.53. The van der Waals surface area contributed by atoms with Gasteiger partial charge in [-0.05, 0) is 32.5 Å². The molecule has 0 aromatic carbocycles. The van der Waals surface area contributed by atoms with Gasteiger partial charge in [-0.3, -0.25) is 4.72 Å². The van der Waals surface area contributed by atoms with Crippen LogP contribution in [0.15, 0.2) is 0 Å². The molecule has 9 heavy (non-hydrogen) atoms. The highest BCUT2D eigenvalue weighted by Crippen LogP contribution is 2.11. The minimum Gasteiger partial charge on any atom is -0.316 e. The van der Waals surface area contributed by atoms with Crippen molar-refractivity contribution < 1.29 is 0 Å². The van der Waals surface area contributed by atoms with Crippen LogP contribution in [0.25, 0.3) is 0 Å². The topological polar surface area (TPSA) is 24.1 Å². The van der Waals surface area contributed by atoms with Crippen molar-refractivity contribution in [1.82, 2.24) is 10.0 Å². The molecule has 0 aliphatic carbocycles. The summed E-state index contributed by atoms with van der Waals surface area (Å²) in [6.45, 7) is 2.43. The van der Waals surface area contributed by atoms with E-state index in [1.165, 1.54) is 25.3 Å². The summed E-state index contributed by atoms with van der Waals surface area (Å²) >= 11 is 1.82. The molecule has 1 unspecified atom stereocenters. The number of hydrogen-bond donors (Lipinski definition) is 2. The second kappa shape index (κ2) is 4.14. The molecule has 1 heterocycles. The maximum atomic E-state index is 3.34. The molecule has 0 radical (unpaired) electrons. The highest BCUT2D eigenvalue weighted by atomic mass is 32.2. The third-order valence-electron chi connectivity index (χ3n) is 1.63. The molecule has 2 N–H and O–H groups in total. The van der Waals surface area contributed by atoms with Crippen LogP contribution in [0.5, 0.6) is 0 Å². The van der Waals surface area contributed by atoms with Crippen LogP contribution in [-0.4, -0.2) is 25.9 Å². The van der Waals surface area contributed by atoms with Crippen molar-refractivity contribution in [2.24, 2.45) is 5.92 Å². The van der Waals surface area contributed by atoms with Gasteiger partial charge in [-0.2, -0.15) is 0 Å². The minimum atomic E-state index is 0.905. The zero-order valence-electron chi connectivity index (χ0n) is 5.81. The number of nitrogens with one attached hydrogen (secondary N) is 2. The van der Waals surface area contributed by atoms with Gasteiger partial charge >= 0.3 is 0 Å². The van der Waals surface area contributed by atoms with Crippen molar-refractivity contribution in [3.63, 3.8) is 0 Å². The van der Waals surface area contributed by atoms with E-state index >= 15 is 0 Å². The quantitative estimate of drug-likeness (QED) is 0.566. The fraction of sp³-hybridized carbons (Fsp3) is 1.00. The molecule has 1 saturated heterocycles. The summed E-state index contributed by atoms with van der Waals surface area (Å²) in [6.07, 6.45) is 1.36. The molecule has 2 nitrogen and oxygen atoms in total. The molecule has 0 aromatic heterocycles. The first-order valence-corrected chi connectivity index (χ1v) is 4.41. The summed E-state index contributed by atoms with van der Waals surface area (Å²) in [5.41, 5.74) is 0. The van der Waals surface area contributed by atoms with Crippen molar-refractivity contribution in [1.29, 1.82) is 0 Å². The molecule has 1 atom stereocenters. The van der Waals surface area contributed by atoms with Gasteiger partial charge in [-0.25, -0.2) is 0 Å². The normalized spacial score (nSPS) is 27.0. The summed E-state index contributed by atoms with van der Waals surface area (Å²) in [7, 11) is 1.98. The van der Waals surface area contributed by atoms with Gasteiger partial charge in [-0.15, -0.1) is 0 Å². The monoisotopic (exact) mass is 146 g/mol. The Kier molecular flexibility index (Phi) is 3.40. The maximum Gasteiger partial charge on any atom is 0.0119 e. The van der Waals surface area contributed by atoms with Crippen LogP contribution in [0.2, 0.25) is 0 Å². The molecule has 0 amide bonds. The lowest BCUT2D eigenvalue weighted by molar-refractivity contribution is 0.662. The van der Waals surface area contributed by atoms with E-state index in [-0.39, 0.29) is 0 Å². The summed E-state index contributed by atoms with van der Waals surface area (Å²) in [5.74, 6) is 2.16. The molecule has 1 fully saturated rings. The molecule has 1 rings (SSSR count). The van der Waals surface area contributed by atoms with Crippen molar-refractivity contribution in [3.05, 3.63) is 0 Å². The van der Waals surface area contributed by atoms with E-state index in [1.807, 2.05) is 19.0 Å². The lowest BCUT2D eigenvalue weighted by Gasteiger charge is -2.04. The Balaban J connectivity index is 1.98. The lowest BCUT2D eigenvalue weighted by Crippen LogP contribution is -2.11. The molecule has 0 aromatic rings. The van der Waals surface area contributed by atoms with Crippen LogP contribution in [0.1, 0.15) is 6.42 Å². The van der Waals surface area contributed by atoms with E-state index in [4.69, 9.17) is 0 Å². The van der Waals surface area contributed by atoms with Gasteiger partial charge in [0.15, 0.2) is 0 Å². The van der Waals surface area contributed by atoms with Gasteiger partial charge in [0.2, 0.25) is 0 Å². The van der Waals surface area contributed by atoms with Crippen molar-refractivity contribution in [2.45, 2.75) is 6.42 Å². The van der Waals surface area contributed by atoms with E-state index in [2.05, 4.69) is 10.0 Å². The first-order chi connectivity index (χ1) is 4.43. The lowest BCUT2D eigenvalue weighted by atomic mass is 10.2. The third kappa shape index (κ3) is 2.56. The van der Waals surface area contributed by atoms with Gasteiger partial charge in [-0.1, -0.05) is 11.9 Å².